The molecule has 1 aromatic heterocycles. The molecular formula is C10H14N2O2. The Bertz CT molecular complexity index is 322. The molecule has 14 heavy (non-hydrogen) atoms. The van der Waals surface area contributed by atoms with E-state index >= 15 is 0 Å². The van der Waals surface area contributed by atoms with Crippen LogP contribution >= 0.6 is 0 Å². The fourth-order valence-corrected chi connectivity index (χ4v) is 1.06. The molecule has 0 bridgehead atoms. The number of nitrogens with two attached hydrogens (primary N) is 1. The van der Waals surface area contributed by atoms with Crippen molar-refractivity contribution in [2.75, 3.05) is 0 Å². The molecular weight excluding hydrogens is 180 g/mol. The Labute approximate surface area is 82.8 Å². The number of carboxylic acid groups (broad SMARTS) is 1. The number of nitrogens with zero attached hydrogens (tertiary/aromatic N) is 1. The number of carboxylic acids is 1. The maximum absolute atomic E-state index is 10.9. The molecule has 76 valence electrons. The molecule has 0 saturated carbocycles. The van der Waals surface area contributed by atoms with E-state index in [4.69, 9.17) is 10.8 Å². The highest BCUT2D eigenvalue weighted by Crippen LogP contribution is 2.29. The van der Waals surface area contributed by atoms with E-state index in [1.54, 1.807) is 38.2 Å². The zero-order valence-electron chi connectivity index (χ0n) is 8.27. The van der Waals surface area contributed by atoms with Crippen LogP contribution in [0, 0.1) is 5.41 Å². The summed E-state index contributed by atoms with van der Waals surface area (Å²) in [7, 11) is 0. The number of hydrogen-bond acceptors (Lipinski definition) is 3. The molecule has 0 aromatic carbocycles. The highest BCUT2D eigenvalue weighted by molar-refractivity contribution is 5.74. The molecule has 0 aliphatic carbocycles. The van der Waals surface area contributed by atoms with Crippen molar-refractivity contribution in [2.24, 2.45) is 11.1 Å². The van der Waals surface area contributed by atoms with E-state index in [1.165, 1.54) is 0 Å². The average molecular weight is 194 g/mol. The molecule has 1 unspecified atom stereocenters. The normalized spacial score (nSPS) is 13.6. The van der Waals surface area contributed by atoms with Gasteiger partial charge in [0.15, 0.2) is 0 Å². The van der Waals surface area contributed by atoms with E-state index in [1.807, 2.05) is 0 Å². The number of pyridine rings is 1. The molecule has 0 saturated heterocycles. The fraction of sp³-hybridized carbons (Fsp3) is 0.400. The predicted molar refractivity (Wildman–Crippen MR) is 52.6 cm³/mol. The van der Waals surface area contributed by atoms with Crippen LogP contribution in [0.3, 0.4) is 0 Å². The molecule has 4 heteroatoms. The molecule has 1 rings (SSSR count). The minimum Gasteiger partial charge on any atom is -0.481 e. The number of rotatable bonds is 3. The van der Waals surface area contributed by atoms with Gasteiger partial charge < -0.3 is 10.8 Å². The van der Waals surface area contributed by atoms with E-state index in [0.717, 1.165) is 0 Å². The highest BCUT2D eigenvalue weighted by atomic mass is 16.4. The van der Waals surface area contributed by atoms with Gasteiger partial charge in [-0.1, -0.05) is 6.07 Å². The second kappa shape index (κ2) is 3.75. The Morgan fingerprint density at radius 2 is 2.21 bits per heavy atom. The molecule has 1 atom stereocenters. The maximum atomic E-state index is 10.9. The van der Waals surface area contributed by atoms with Crippen LogP contribution in [-0.2, 0) is 4.79 Å². The molecule has 1 heterocycles. The Balaban J connectivity index is 2.96. The van der Waals surface area contributed by atoms with Crippen molar-refractivity contribution in [1.82, 2.24) is 4.98 Å². The third-order valence-electron chi connectivity index (χ3n) is 2.34. The lowest BCUT2D eigenvalue weighted by atomic mass is 9.83. The minimum atomic E-state index is -1.01. The lowest BCUT2D eigenvalue weighted by Gasteiger charge is -2.26. The van der Waals surface area contributed by atoms with Crippen LogP contribution in [0.4, 0.5) is 0 Å². The summed E-state index contributed by atoms with van der Waals surface area (Å²) in [5.41, 5.74) is 5.42. The van der Waals surface area contributed by atoms with Crippen molar-refractivity contribution in [3.8, 4) is 0 Å². The molecule has 3 N–H and O–H groups in total. The maximum Gasteiger partial charge on any atom is 0.311 e. The van der Waals surface area contributed by atoms with E-state index in [0.29, 0.717) is 5.69 Å². The largest absolute Gasteiger partial charge is 0.481 e. The minimum absolute atomic E-state index is 0.596. The highest BCUT2D eigenvalue weighted by Gasteiger charge is 2.36. The SMILES string of the molecule is CC(C)(C(=O)O)C(N)c1ccccn1. The van der Waals surface area contributed by atoms with Gasteiger partial charge in [-0.2, -0.15) is 0 Å². The van der Waals surface area contributed by atoms with E-state index in [2.05, 4.69) is 4.98 Å². The molecule has 0 radical (unpaired) electrons. The van der Waals surface area contributed by atoms with Crippen molar-refractivity contribution >= 4 is 5.97 Å². The standard InChI is InChI=1S/C10H14N2O2/c1-10(2,9(13)14)8(11)7-5-3-4-6-12-7/h3-6,8H,11H2,1-2H3,(H,13,14). The van der Waals surface area contributed by atoms with Crippen molar-refractivity contribution in [3.05, 3.63) is 30.1 Å². The number of carbonyl (C=O) groups is 1. The lowest BCUT2D eigenvalue weighted by Crippen LogP contribution is -2.36. The first-order valence-electron chi connectivity index (χ1n) is 4.36. The Hall–Kier alpha value is -1.42. The zero-order chi connectivity index (χ0) is 10.8. The topological polar surface area (TPSA) is 76.2 Å². The average Bonchev–Trinajstić information content (AvgIpc) is 2.17. The van der Waals surface area contributed by atoms with E-state index in [-0.39, 0.29) is 0 Å². The zero-order valence-corrected chi connectivity index (χ0v) is 8.27. The van der Waals surface area contributed by atoms with Crippen molar-refractivity contribution in [3.63, 3.8) is 0 Å². The third kappa shape index (κ3) is 1.90. The van der Waals surface area contributed by atoms with Crippen LogP contribution in [0.5, 0.6) is 0 Å². The Kier molecular flexibility index (Phi) is 2.86. The van der Waals surface area contributed by atoms with E-state index < -0.39 is 17.4 Å². The van der Waals surface area contributed by atoms with Crippen LogP contribution in [0.2, 0.25) is 0 Å². The third-order valence-corrected chi connectivity index (χ3v) is 2.34. The summed E-state index contributed by atoms with van der Waals surface area (Å²) in [6, 6.07) is 4.70. The van der Waals surface area contributed by atoms with Crippen LogP contribution in [0.25, 0.3) is 0 Å². The Morgan fingerprint density at radius 1 is 1.57 bits per heavy atom. The van der Waals surface area contributed by atoms with Crippen LogP contribution < -0.4 is 5.73 Å². The van der Waals surface area contributed by atoms with Crippen LogP contribution in [0.1, 0.15) is 25.6 Å². The molecule has 0 fully saturated rings. The monoisotopic (exact) mass is 194 g/mol. The number of aliphatic carboxylic acids is 1. The van der Waals surface area contributed by atoms with Gasteiger partial charge in [0.05, 0.1) is 17.2 Å². The molecule has 0 aliphatic rings. The van der Waals surface area contributed by atoms with Gasteiger partial charge in [-0.05, 0) is 26.0 Å². The summed E-state index contributed by atoms with van der Waals surface area (Å²) < 4.78 is 0. The van der Waals surface area contributed by atoms with Gasteiger partial charge in [0, 0.05) is 6.20 Å². The molecule has 0 amide bonds. The second-order valence-corrected chi connectivity index (χ2v) is 3.76. The Morgan fingerprint density at radius 3 is 2.64 bits per heavy atom. The smallest absolute Gasteiger partial charge is 0.311 e. The summed E-state index contributed by atoms with van der Waals surface area (Å²) >= 11 is 0. The number of hydrogen-bond donors (Lipinski definition) is 2. The van der Waals surface area contributed by atoms with Gasteiger partial charge in [0.1, 0.15) is 0 Å². The first-order chi connectivity index (χ1) is 6.46. The molecule has 0 spiro atoms. The second-order valence-electron chi connectivity index (χ2n) is 3.76. The van der Waals surface area contributed by atoms with Gasteiger partial charge in [-0.25, -0.2) is 0 Å². The van der Waals surface area contributed by atoms with Crippen LogP contribution in [0.15, 0.2) is 24.4 Å². The first-order valence-corrected chi connectivity index (χ1v) is 4.36. The summed E-state index contributed by atoms with van der Waals surface area (Å²) in [6.45, 7) is 3.18. The summed E-state index contributed by atoms with van der Waals surface area (Å²) in [5.74, 6) is -0.921. The lowest BCUT2D eigenvalue weighted by molar-refractivity contribution is -0.148. The quantitative estimate of drug-likeness (QED) is 0.757. The molecule has 0 aliphatic heterocycles. The van der Waals surface area contributed by atoms with E-state index in [9.17, 15) is 4.79 Å². The number of aromatic nitrogens is 1. The van der Waals surface area contributed by atoms with Gasteiger partial charge in [0.2, 0.25) is 0 Å². The molecule has 4 nitrogen and oxygen atoms in total. The first kappa shape index (κ1) is 10.7. The van der Waals surface area contributed by atoms with Gasteiger partial charge in [-0.15, -0.1) is 0 Å². The van der Waals surface area contributed by atoms with Crippen LogP contribution in [-0.4, -0.2) is 16.1 Å². The predicted octanol–water partition coefficient (Wildman–Crippen LogP) is 1.19. The summed E-state index contributed by atoms with van der Waals surface area (Å²) in [6.07, 6.45) is 1.60. The summed E-state index contributed by atoms with van der Waals surface area (Å²) in [4.78, 5) is 15.0. The summed E-state index contributed by atoms with van der Waals surface area (Å²) in [5, 5.41) is 8.97. The van der Waals surface area contributed by atoms with Crippen molar-refractivity contribution < 1.29 is 9.90 Å². The van der Waals surface area contributed by atoms with Crippen molar-refractivity contribution in [1.29, 1.82) is 0 Å². The van der Waals surface area contributed by atoms with Gasteiger partial charge >= 0.3 is 5.97 Å². The van der Waals surface area contributed by atoms with Gasteiger partial charge in [-0.3, -0.25) is 9.78 Å². The molecule has 1 aromatic rings. The van der Waals surface area contributed by atoms with Crippen molar-refractivity contribution in [2.45, 2.75) is 19.9 Å². The fourth-order valence-electron chi connectivity index (χ4n) is 1.06. The van der Waals surface area contributed by atoms with Gasteiger partial charge in [0.25, 0.3) is 0 Å².